The summed E-state index contributed by atoms with van der Waals surface area (Å²) in [5.74, 6) is 0.879. The standard InChI is InChI=1S/C18H21N3OS/c1-2-3-13-22-17-11-9-15(10-12-17)14-19-21-18(23)20-16-7-5-4-6-8-16/h4-12,14H,2-3,13H2,1H3,(H2,20,21,23). The van der Waals surface area contributed by atoms with Gasteiger partial charge in [-0.2, -0.15) is 5.10 Å². The summed E-state index contributed by atoms with van der Waals surface area (Å²) in [7, 11) is 0. The van der Waals surface area contributed by atoms with E-state index in [1.54, 1.807) is 6.21 Å². The Kier molecular flexibility index (Phi) is 7.07. The highest BCUT2D eigenvalue weighted by Crippen LogP contribution is 2.11. The number of rotatable bonds is 7. The Balaban J connectivity index is 1.77. The van der Waals surface area contributed by atoms with Crippen molar-refractivity contribution in [2.75, 3.05) is 11.9 Å². The number of nitrogens with zero attached hydrogens (tertiary/aromatic N) is 1. The van der Waals surface area contributed by atoms with Crippen molar-refractivity contribution in [2.24, 2.45) is 5.10 Å². The van der Waals surface area contributed by atoms with Crippen LogP contribution in [-0.2, 0) is 0 Å². The van der Waals surface area contributed by atoms with E-state index in [4.69, 9.17) is 17.0 Å². The van der Waals surface area contributed by atoms with Gasteiger partial charge in [-0.1, -0.05) is 31.5 Å². The molecule has 23 heavy (non-hydrogen) atoms. The summed E-state index contributed by atoms with van der Waals surface area (Å²) in [6.07, 6.45) is 3.92. The molecule has 0 heterocycles. The molecule has 0 fully saturated rings. The second-order valence-electron chi connectivity index (χ2n) is 4.96. The van der Waals surface area contributed by atoms with Crippen LogP contribution in [0.4, 0.5) is 5.69 Å². The maximum Gasteiger partial charge on any atom is 0.191 e. The van der Waals surface area contributed by atoms with Gasteiger partial charge >= 0.3 is 0 Å². The zero-order valence-corrected chi connectivity index (χ0v) is 14.0. The van der Waals surface area contributed by atoms with Gasteiger partial charge in [0.2, 0.25) is 0 Å². The molecule has 0 unspecified atom stereocenters. The molecule has 0 radical (unpaired) electrons. The van der Waals surface area contributed by atoms with Crippen LogP contribution in [0, 0.1) is 0 Å². The van der Waals surface area contributed by atoms with E-state index in [0.29, 0.717) is 5.11 Å². The molecule has 4 nitrogen and oxygen atoms in total. The van der Waals surface area contributed by atoms with Gasteiger partial charge in [0.15, 0.2) is 5.11 Å². The first-order chi connectivity index (χ1) is 11.3. The first kappa shape index (κ1) is 17.0. The third-order valence-corrected chi connectivity index (χ3v) is 3.25. The molecule has 0 aliphatic rings. The van der Waals surface area contributed by atoms with Crippen molar-refractivity contribution in [3.63, 3.8) is 0 Å². The molecule has 0 aromatic heterocycles. The minimum Gasteiger partial charge on any atom is -0.494 e. The van der Waals surface area contributed by atoms with Gasteiger partial charge in [0.1, 0.15) is 5.75 Å². The van der Waals surface area contributed by atoms with Gasteiger partial charge in [0.25, 0.3) is 0 Å². The second kappa shape index (κ2) is 9.58. The third kappa shape index (κ3) is 6.48. The lowest BCUT2D eigenvalue weighted by atomic mass is 10.2. The van der Waals surface area contributed by atoms with E-state index in [0.717, 1.165) is 36.4 Å². The Hall–Kier alpha value is -2.40. The van der Waals surface area contributed by atoms with Gasteiger partial charge in [0, 0.05) is 5.69 Å². The van der Waals surface area contributed by atoms with Crippen molar-refractivity contribution < 1.29 is 4.74 Å². The number of thiocarbonyl (C=S) groups is 1. The number of hydrogen-bond acceptors (Lipinski definition) is 3. The molecule has 0 amide bonds. The molecule has 0 aliphatic heterocycles. The van der Waals surface area contributed by atoms with E-state index in [1.807, 2.05) is 54.6 Å². The summed E-state index contributed by atoms with van der Waals surface area (Å²) in [5.41, 5.74) is 4.69. The summed E-state index contributed by atoms with van der Waals surface area (Å²) in [6, 6.07) is 17.5. The zero-order chi connectivity index (χ0) is 16.3. The summed E-state index contributed by atoms with van der Waals surface area (Å²) in [5, 5.41) is 7.63. The minimum absolute atomic E-state index is 0.451. The number of hydrazone groups is 1. The van der Waals surface area contributed by atoms with Crippen LogP contribution in [0.5, 0.6) is 5.75 Å². The maximum atomic E-state index is 5.62. The third-order valence-electron chi connectivity index (χ3n) is 3.06. The molecular weight excluding hydrogens is 306 g/mol. The van der Waals surface area contributed by atoms with Crippen LogP contribution in [0.3, 0.4) is 0 Å². The molecule has 0 atom stereocenters. The Labute approximate surface area is 142 Å². The smallest absolute Gasteiger partial charge is 0.191 e. The number of para-hydroxylation sites is 1. The van der Waals surface area contributed by atoms with Crippen molar-refractivity contribution in [2.45, 2.75) is 19.8 Å². The fraction of sp³-hybridized carbons (Fsp3) is 0.222. The van der Waals surface area contributed by atoms with Crippen LogP contribution in [0.1, 0.15) is 25.3 Å². The molecule has 2 aromatic rings. The molecule has 0 saturated carbocycles. The highest BCUT2D eigenvalue weighted by atomic mass is 32.1. The molecule has 120 valence electrons. The highest BCUT2D eigenvalue weighted by Gasteiger charge is 1.95. The molecule has 0 saturated heterocycles. The predicted octanol–water partition coefficient (Wildman–Crippen LogP) is 4.19. The summed E-state index contributed by atoms with van der Waals surface area (Å²) >= 11 is 5.18. The average molecular weight is 327 g/mol. The van der Waals surface area contributed by atoms with Crippen molar-refractivity contribution in [1.82, 2.24) is 5.43 Å². The molecule has 5 heteroatoms. The van der Waals surface area contributed by atoms with Crippen molar-refractivity contribution in [3.8, 4) is 5.75 Å². The van der Waals surface area contributed by atoms with Gasteiger partial charge in [-0.05, 0) is 60.6 Å². The average Bonchev–Trinajstić information content (AvgIpc) is 2.57. The molecule has 0 aliphatic carbocycles. The normalized spacial score (nSPS) is 10.5. The summed E-state index contributed by atoms with van der Waals surface area (Å²) in [4.78, 5) is 0. The monoisotopic (exact) mass is 327 g/mol. The van der Waals surface area contributed by atoms with Gasteiger partial charge in [-0.3, -0.25) is 5.43 Å². The number of anilines is 1. The van der Waals surface area contributed by atoms with Crippen LogP contribution in [0.15, 0.2) is 59.7 Å². The van der Waals surface area contributed by atoms with Crippen LogP contribution < -0.4 is 15.5 Å². The quantitative estimate of drug-likeness (QED) is 0.346. The van der Waals surface area contributed by atoms with E-state index in [1.165, 1.54) is 0 Å². The molecule has 0 bridgehead atoms. The number of nitrogens with one attached hydrogen (secondary N) is 2. The lowest BCUT2D eigenvalue weighted by Gasteiger charge is -2.06. The Morgan fingerprint density at radius 1 is 1.13 bits per heavy atom. The number of ether oxygens (including phenoxy) is 1. The molecule has 0 spiro atoms. The Morgan fingerprint density at radius 3 is 2.57 bits per heavy atom. The predicted molar refractivity (Wildman–Crippen MR) is 100 cm³/mol. The number of hydrogen-bond donors (Lipinski definition) is 2. The van der Waals surface area contributed by atoms with Gasteiger partial charge in [-0.15, -0.1) is 0 Å². The molecule has 2 N–H and O–H groups in total. The first-order valence-electron chi connectivity index (χ1n) is 7.66. The topological polar surface area (TPSA) is 45.6 Å². The van der Waals surface area contributed by atoms with Gasteiger partial charge < -0.3 is 10.1 Å². The van der Waals surface area contributed by atoms with Gasteiger partial charge in [-0.25, -0.2) is 0 Å². The minimum atomic E-state index is 0.451. The summed E-state index contributed by atoms with van der Waals surface area (Å²) in [6.45, 7) is 2.90. The van der Waals surface area contributed by atoms with Crippen LogP contribution in [0.2, 0.25) is 0 Å². The van der Waals surface area contributed by atoms with Crippen LogP contribution >= 0.6 is 12.2 Å². The fourth-order valence-electron chi connectivity index (χ4n) is 1.83. The zero-order valence-electron chi connectivity index (χ0n) is 13.2. The van der Waals surface area contributed by atoms with Crippen LogP contribution in [-0.4, -0.2) is 17.9 Å². The summed E-state index contributed by atoms with van der Waals surface area (Å²) < 4.78 is 5.62. The maximum absolute atomic E-state index is 5.62. The molecule has 2 rings (SSSR count). The van der Waals surface area contributed by atoms with E-state index in [9.17, 15) is 0 Å². The molecular formula is C18H21N3OS. The SMILES string of the molecule is CCCCOc1ccc(C=NNC(=S)Nc2ccccc2)cc1. The van der Waals surface area contributed by atoms with E-state index in [-0.39, 0.29) is 0 Å². The van der Waals surface area contributed by atoms with Crippen molar-refractivity contribution in [1.29, 1.82) is 0 Å². The number of unbranched alkanes of at least 4 members (excludes halogenated alkanes) is 1. The molecule has 2 aromatic carbocycles. The second-order valence-corrected chi connectivity index (χ2v) is 5.37. The van der Waals surface area contributed by atoms with Crippen LogP contribution in [0.25, 0.3) is 0 Å². The fourth-order valence-corrected chi connectivity index (χ4v) is 2.00. The van der Waals surface area contributed by atoms with Crippen molar-refractivity contribution in [3.05, 3.63) is 60.2 Å². The largest absolute Gasteiger partial charge is 0.494 e. The van der Waals surface area contributed by atoms with E-state index < -0.39 is 0 Å². The van der Waals surface area contributed by atoms with E-state index >= 15 is 0 Å². The first-order valence-corrected chi connectivity index (χ1v) is 8.06. The van der Waals surface area contributed by atoms with Gasteiger partial charge in [0.05, 0.1) is 12.8 Å². The number of benzene rings is 2. The van der Waals surface area contributed by atoms with Crippen molar-refractivity contribution >= 4 is 29.2 Å². The lowest BCUT2D eigenvalue weighted by molar-refractivity contribution is 0.309. The van der Waals surface area contributed by atoms with E-state index in [2.05, 4.69) is 22.8 Å². The Bertz CT molecular complexity index is 626. The highest BCUT2D eigenvalue weighted by molar-refractivity contribution is 7.80. The Morgan fingerprint density at radius 2 is 1.87 bits per heavy atom. The lowest BCUT2D eigenvalue weighted by Crippen LogP contribution is -2.23.